The molecule has 1 rings (SSSR count). The molecule has 6 heteroatoms. The number of carbonyl (C=O) groups is 1. The van der Waals surface area contributed by atoms with Crippen LogP contribution in [0.25, 0.3) is 0 Å². The van der Waals surface area contributed by atoms with Gasteiger partial charge in [-0.3, -0.25) is 4.79 Å². The van der Waals surface area contributed by atoms with Gasteiger partial charge < -0.3 is 15.4 Å². The van der Waals surface area contributed by atoms with Crippen molar-refractivity contribution in [3.63, 3.8) is 0 Å². The van der Waals surface area contributed by atoms with Gasteiger partial charge in [0, 0.05) is 12.7 Å². The van der Waals surface area contributed by atoms with Gasteiger partial charge in [-0.05, 0) is 32.4 Å². The number of rotatable bonds is 5. The van der Waals surface area contributed by atoms with Crippen molar-refractivity contribution in [1.29, 1.82) is 0 Å². The lowest BCUT2D eigenvalue weighted by Gasteiger charge is -2.21. The summed E-state index contributed by atoms with van der Waals surface area (Å²) in [5.74, 6) is 0.304. The molecule has 0 amide bonds. The highest BCUT2D eigenvalue weighted by atomic mass is 32.1. The Bertz CT molecular complexity index is 503. The fourth-order valence-corrected chi connectivity index (χ4v) is 2.13. The average molecular weight is 281 g/mol. The van der Waals surface area contributed by atoms with Gasteiger partial charge in [-0.15, -0.1) is 0 Å². The van der Waals surface area contributed by atoms with Gasteiger partial charge in [0.05, 0.1) is 12.2 Å². The van der Waals surface area contributed by atoms with E-state index in [1.54, 1.807) is 18.9 Å². The number of aryl methyl sites for hydroxylation is 2. The van der Waals surface area contributed by atoms with E-state index in [4.69, 9.17) is 22.7 Å². The molecule has 0 aromatic carbocycles. The van der Waals surface area contributed by atoms with E-state index in [0.29, 0.717) is 18.0 Å². The van der Waals surface area contributed by atoms with Crippen molar-refractivity contribution in [2.75, 3.05) is 25.1 Å². The zero-order valence-electron chi connectivity index (χ0n) is 11.7. The molecule has 0 atom stereocenters. The summed E-state index contributed by atoms with van der Waals surface area (Å²) in [6.45, 7) is 6.05. The third-order valence-corrected chi connectivity index (χ3v) is 2.81. The molecule has 0 fully saturated rings. The molecule has 2 N–H and O–H groups in total. The van der Waals surface area contributed by atoms with Crippen LogP contribution in [0.5, 0.6) is 0 Å². The SMILES string of the molecule is CCOC(=O)CN(C)c1nc(C)cc(C)c1C(N)=S. The second-order valence-electron chi connectivity index (χ2n) is 4.30. The van der Waals surface area contributed by atoms with Crippen LogP contribution in [0.3, 0.4) is 0 Å². The van der Waals surface area contributed by atoms with E-state index in [-0.39, 0.29) is 17.5 Å². The van der Waals surface area contributed by atoms with E-state index in [2.05, 4.69) is 4.98 Å². The van der Waals surface area contributed by atoms with E-state index in [9.17, 15) is 4.79 Å². The van der Waals surface area contributed by atoms with Gasteiger partial charge in [0.25, 0.3) is 0 Å². The Morgan fingerprint density at radius 1 is 1.53 bits per heavy atom. The highest BCUT2D eigenvalue weighted by Gasteiger charge is 2.17. The number of nitrogens with two attached hydrogens (primary N) is 1. The molecule has 0 saturated heterocycles. The van der Waals surface area contributed by atoms with Crippen LogP contribution in [0.2, 0.25) is 0 Å². The molecule has 19 heavy (non-hydrogen) atoms. The largest absolute Gasteiger partial charge is 0.465 e. The standard InChI is InChI=1S/C13H19N3O2S/c1-5-18-10(17)7-16(4)13-11(12(14)19)8(2)6-9(3)15-13/h6H,5,7H2,1-4H3,(H2,14,19). The minimum absolute atomic E-state index is 0.110. The van der Waals surface area contributed by atoms with E-state index in [1.807, 2.05) is 19.9 Å². The van der Waals surface area contributed by atoms with E-state index < -0.39 is 0 Å². The maximum absolute atomic E-state index is 11.5. The first-order valence-electron chi connectivity index (χ1n) is 6.01. The molecule has 0 unspecified atom stereocenters. The molecule has 104 valence electrons. The van der Waals surface area contributed by atoms with Gasteiger partial charge in [-0.1, -0.05) is 12.2 Å². The molecule has 0 spiro atoms. The minimum Gasteiger partial charge on any atom is -0.465 e. The zero-order valence-corrected chi connectivity index (χ0v) is 12.5. The molecular weight excluding hydrogens is 262 g/mol. The number of likely N-dealkylation sites (N-methyl/N-ethyl adjacent to an activating group) is 1. The Balaban J connectivity index is 3.11. The van der Waals surface area contributed by atoms with Gasteiger partial charge >= 0.3 is 5.97 Å². The highest BCUT2D eigenvalue weighted by Crippen LogP contribution is 2.21. The van der Waals surface area contributed by atoms with Gasteiger partial charge in [-0.25, -0.2) is 4.98 Å². The Kier molecular flexibility index (Phi) is 5.23. The number of aromatic nitrogens is 1. The summed E-state index contributed by atoms with van der Waals surface area (Å²) < 4.78 is 4.92. The van der Waals surface area contributed by atoms with Crippen molar-refractivity contribution in [3.8, 4) is 0 Å². The number of hydrogen-bond acceptors (Lipinski definition) is 5. The fourth-order valence-electron chi connectivity index (χ4n) is 1.87. The predicted octanol–water partition coefficient (Wildman–Crippen LogP) is 1.33. The van der Waals surface area contributed by atoms with Crippen LogP contribution in [0.4, 0.5) is 5.82 Å². The maximum atomic E-state index is 11.5. The highest BCUT2D eigenvalue weighted by molar-refractivity contribution is 7.80. The van der Waals surface area contributed by atoms with Crippen LogP contribution < -0.4 is 10.6 Å². The monoisotopic (exact) mass is 281 g/mol. The van der Waals surface area contributed by atoms with Crippen LogP contribution in [0, 0.1) is 13.8 Å². The number of ether oxygens (including phenoxy) is 1. The lowest BCUT2D eigenvalue weighted by atomic mass is 10.1. The number of anilines is 1. The molecule has 0 radical (unpaired) electrons. The minimum atomic E-state index is -0.306. The molecule has 0 aliphatic heterocycles. The first-order valence-corrected chi connectivity index (χ1v) is 6.42. The number of esters is 1. The topological polar surface area (TPSA) is 68.5 Å². The van der Waals surface area contributed by atoms with Crippen molar-refractivity contribution in [1.82, 2.24) is 4.98 Å². The molecule has 0 bridgehead atoms. The second-order valence-corrected chi connectivity index (χ2v) is 4.74. The summed E-state index contributed by atoms with van der Waals surface area (Å²) in [5.41, 5.74) is 8.24. The lowest BCUT2D eigenvalue weighted by Crippen LogP contribution is -2.30. The van der Waals surface area contributed by atoms with Crippen molar-refractivity contribution in [3.05, 3.63) is 22.9 Å². The zero-order chi connectivity index (χ0) is 14.6. The molecule has 0 saturated carbocycles. The summed E-state index contributed by atoms with van der Waals surface area (Å²) in [5, 5.41) is 0. The Morgan fingerprint density at radius 3 is 2.68 bits per heavy atom. The molecular formula is C13H19N3O2S. The summed E-state index contributed by atoms with van der Waals surface area (Å²) in [6, 6.07) is 1.91. The maximum Gasteiger partial charge on any atom is 0.325 e. The van der Waals surface area contributed by atoms with Crippen molar-refractivity contribution in [2.45, 2.75) is 20.8 Å². The van der Waals surface area contributed by atoms with Crippen molar-refractivity contribution < 1.29 is 9.53 Å². The van der Waals surface area contributed by atoms with Crippen LogP contribution in [-0.4, -0.2) is 36.1 Å². The van der Waals surface area contributed by atoms with Gasteiger partial charge in [0.15, 0.2) is 0 Å². The third kappa shape index (κ3) is 3.89. The van der Waals surface area contributed by atoms with Gasteiger partial charge in [0.1, 0.15) is 17.4 Å². The fraction of sp³-hybridized carbons (Fsp3) is 0.462. The molecule has 1 heterocycles. The van der Waals surface area contributed by atoms with Gasteiger partial charge in [0.2, 0.25) is 0 Å². The first-order chi connectivity index (χ1) is 8.86. The van der Waals surface area contributed by atoms with E-state index >= 15 is 0 Å². The molecule has 0 aliphatic carbocycles. The van der Waals surface area contributed by atoms with Crippen LogP contribution >= 0.6 is 12.2 Å². The van der Waals surface area contributed by atoms with Gasteiger partial charge in [-0.2, -0.15) is 0 Å². The molecule has 5 nitrogen and oxygen atoms in total. The lowest BCUT2D eigenvalue weighted by molar-refractivity contribution is -0.141. The number of thiocarbonyl (C=S) groups is 1. The first kappa shape index (κ1) is 15.4. The summed E-state index contributed by atoms with van der Waals surface area (Å²) in [7, 11) is 1.76. The van der Waals surface area contributed by atoms with E-state index in [0.717, 1.165) is 11.3 Å². The van der Waals surface area contributed by atoms with Crippen molar-refractivity contribution in [2.24, 2.45) is 5.73 Å². The molecule has 1 aromatic heterocycles. The Labute approximate surface area is 118 Å². The number of pyridine rings is 1. The number of carbonyl (C=O) groups excluding carboxylic acids is 1. The van der Waals surface area contributed by atoms with Crippen molar-refractivity contribution >= 4 is 29.0 Å². The van der Waals surface area contributed by atoms with E-state index in [1.165, 1.54) is 0 Å². The predicted molar refractivity (Wildman–Crippen MR) is 79.5 cm³/mol. The second kappa shape index (κ2) is 6.47. The summed E-state index contributed by atoms with van der Waals surface area (Å²) >= 11 is 5.06. The van der Waals surface area contributed by atoms with Crippen LogP contribution in [-0.2, 0) is 9.53 Å². The third-order valence-electron chi connectivity index (χ3n) is 2.61. The molecule has 0 aliphatic rings. The molecule has 1 aromatic rings. The average Bonchev–Trinajstić information content (AvgIpc) is 2.27. The normalized spacial score (nSPS) is 10.1. The Hall–Kier alpha value is -1.69. The Morgan fingerprint density at radius 2 is 2.16 bits per heavy atom. The smallest absolute Gasteiger partial charge is 0.325 e. The summed E-state index contributed by atoms with van der Waals surface area (Å²) in [4.78, 5) is 17.9. The number of nitrogens with zero attached hydrogens (tertiary/aromatic N) is 2. The summed E-state index contributed by atoms with van der Waals surface area (Å²) in [6.07, 6.45) is 0. The van der Waals surface area contributed by atoms with Crippen LogP contribution in [0.1, 0.15) is 23.7 Å². The number of hydrogen-bond donors (Lipinski definition) is 1. The quantitative estimate of drug-likeness (QED) is 0.649. The van der Waals surface area contributed by atoms with Crippen LogP contribution in [0.15, 0.2) is 6.07 Å².